The number of hydrogen-bond acceptors (Lipinski definition) is 5. The molecule has 1 atom stereocenters. The first-order valence-corrected chi connectivity index (χ1v) is 9.72. The second-order valence-electron chi connectivity index (χ2n) is 7.36. The van der Waals surface area contributed by atoms with Crippen LogP contribution in [0.3, 0.4) is 0 Å². The van der Waals surface area contributed by atoms with E-state index >= 15 is 0 Å². The number of nitrogens with zero attached hydrogens (tertiary/aromatic N) is 1. The van der Waals surface area contributed by atoms with Gasteiger partial charge in [0.15, 0.2) is 0 Å². The Labute approximate surface area is 182 Å². The van der Waals surface area contributed by atoms with Gasteiger partial charge in [-0.05, 0) is 32.0 Å². The number of halogens is 3. The largest absolute Gasteiger partial charge is 0.405 e. The van der Waals surface area contributed by atoms with Crippen molar-refractivity contribution in [2.45, 2.75) is 25.9 Å². The summed E-state index contributed by atoms with van der Waals surface area (Å²) < 4.78 is 38.2. The number of hydrogen-bond donors (Lipinski definition) is 5. The summed E-state index contributed by atoms with van der Waals surface area (Å²) >= 11 is 0. The monoisotopic (exact) mass is 444 g/mol. The smallest absolute Gasteiger partial charge is 0.398 e. The van der Waals surface area contributed by atoms with Gasteiger partial charge in [-0.1, -0.05) is 18.2 Å². The van der Waals surface area contributed by atoms with E-state index < -0.39 is 24.5 Å². The van der Waals surface area contributed by atoms with Crippen LogP contribution >= 0.6 is 0 Å². The van der Waals surface area contributed by atoms with Crippen molar-refractivity contribution in [3.05, 3.63) is 53.2 Å². The van der Waals surface area contributed by atoms with E-state index in [4.69, 9.17) is 16.9 Å². The third-order valence-corrected chi connectivity index (χ3v) is 5.12. The SMILES string of the molecule is CC(=Nc1c(C(C)C(N)=O)[nH]c2ccc(N)c(C=N)c12)c1ccccc1NCC(F)(F)F. The zero-order valence-corrected chi connectivity index (χ0v) is 17.5. The van der Waals surface area contributed by atoms with E-state index in [1.54, 1.807) is 44.2 Å². The number of anilines is 2. The number of fused-ring (bicyclic) bond motifs is 1. The van der Waals surface area contributed by atoms with Crippen molar-refractivity contribution in [3.63, 3.8) is 0 Å². The molecular formula is C22H23F3N6O. The van der Waals surface area contributed by atoms with E-state index in [1.165, 1.54) is 6.07 Å². The van der Waals surface area contributed by atoms with Gasteiger partial charge in [-0.15, -0.1) is 0 Å². The molecule has 0 aliphatic rings. The lowest BCUT2D eigenvalue weighted by Crippen LogP contribution is -2.22. The molecule has 32 heavy (non-hydrogen) atoms. The quantitative estimate of drug-likeness (QED) is 0.272. The fourth-order valence-corrected chi connectivity index (χ4v) is 3.44. The maximum Gasteiger partial charge on any atom is 0.405 e. The maximum absolute atomic E-state index is 12.7. The number of aromatic nitrogens is 1. The summed E-state index contributed by atoms with van der Waals surface area (Å²) in [5.74, 6) is -1.31. The summed E-state index contributed by atoms with van der Waals surface area (Å²) in [7, 11) is 0. The minimum Gasteiger partial charge on any atom is -0.398 e. The lowest BCUT2D eigenvalue weighted by Gasteiger charge is -2.14. The Hall–Kier alpha value is -3.82. The lowest BCUT2D eigenvalue weighted by molar-refractivity contribution is -0.119. The van der Waals surface area contributed by atoms with Gasteiger partial charge in [-0.3, -0.25) is 9.79 Å². The number of aromatic amines is 1. The second-order valence-corrected chi connectivity index (χ2v) is 7.36. The lowest BCUT2D eigenvalue weighted by atomic mass is 10.0. The molecule has 0 bridgehead atoms. The number of nitrogens with two attached hydrogens (primary N) is 2. The highest BCUT2D eigenvalue weighted by Crippen LogP contribution is 2.39. The summed E-state index contributed by atoms with van der Waals surface area (Å²) in [6.45, 7) is 2.08. The van der Waals surface area contributed by atoms with Crippen LogP contribution in [0.5, 0.6) is 0 Å². The molecule has 1 aromatic heterocycles. The van der Waals surface area contributed by atoms with E-state index in [9.17, 15) is 18.0 Å². The molecule has 0 spiro atoms. The predicted molar refractivity (Wildman–Crippen MR) is 121 cm³/mol. The van der Waals surface area contributed by atoms with E-state index in [0.717, 1.165) is 6.21 Å². The third kappa shape index (κ3) is 4.58. The van der Waals surface area contributed by atoms with Crippen LogP contribution < -0.4 is 16.8 Å². The number of benzene rings is 2. The van der Waals surface area contributed by atoms with Gasteiger partial charge >= 0.3 is 6.18 Å². The summed E-state index contributed by atoms with van der Waals surface area (Å²) in [5.41, 5.74) is 14.9. The Bertz CT molecular complexity index is 1210. The number of H-pyrrole nitrogens is 1. The number of amides is 1. The van der Waals surface area contributed by atoms with Crippen LogP contribution in [0, 0.1) is 5.41 Å². The van der Waals surface area contributed by atoms with Crippen LogP contribution in [0.4, 0.5) is 30.2 Å². The van der Waals surface area contributed by atoms with Crippen molar-refractivity contribution in [2.75, 3.05) is 17.6 Å². The van der Waals surface area contributed by atoms with Gasteiger partial charge in [0.2, 0.25) is 5.91 Å². The van der Waals surface area contributed by atoms with E-state index in [2.05, 4.69) is 15.3 Å². The molecule has 0 saturated heterocycles. The zero-order valence-electron chi connectivity index (χ0n) is 17.5. The highest BCUT2D eigenvalue weighted by molar-refractivity contribution is 6.12. The molecule has 7 nitrogen and oxygen atoms in total. The van der Waals surface area contributed by atoms with Gasteiger partial charge in [0.05, 0.1) is 17.3 Å². The molecule has 1 heterocycles. The highest BCUT2D eigenvalue weighted by Gasteiger charge is 2.27. The van der Waals surface area contributed by atoms with Crippen LogP contribution in [0.15, 0.2) is 41.4 Å². The maximum atomic E-state index is 12.7. The second kappa shape index (κ2) is 8.74. The summed E-state index contributed by atoms with van der Waals surface area (Å²) in [5, 5.41) is 10.7. The van der Waals surface area contributed by atoms with Crippen LogP contribution in [0.25, 0.3) is 10.9 Å². The number of para-hydroxylation sites is 1. The number of carbonyl (C=O) groups is 1. The fraction of sp³-hybridized carbons (Fsp3) is 0.227. The first-order valence-electron chi connectivity index (χ1n) is 9.72. The number of nitrogens with one attached hydrogen (secondary N) is 3. The van der Waals surface area contributed by atoms with Crippen molar-refractivity contribution in [1.82, 2.24) is 4.98 Å². The molecule has 3 aromatic rings. The minimum atomic E-state index is -4.38. The molecule has 0 aliphatic carbocycles. The Morgan fingerprint density at radius 1 is 1.28 bits per heavy atom. The molecule has 168 valence electrons. The van der Waals surface area contributed by atoms with Gasteiger partial charge in [-0.25, -0.2) is 0 Å². The van der Waals surface area contributed by atoms with E-state index in [-0.39, 0.29) is 5.69 Å². The minimum absolute atomic E-state index is 0.266. The highest BCUT2D eigenvalue weighted by atomic mass is 19.4. The zero-order chi connectivity index (χ0) is 23.6. The molecule has 0 radical (unpaired) electrons. The van der Waals surface area contributed by atoms with Crippen LogP contribution in [-0.2, 0) is 4.79 Å². The number of primary amides is 1. The summed E-state index contributed by atoms with van der Waals surface area (Å²) in [6, 6.07) is 9.83. The third-order valence-electron chi connectivity index (χ3n) is 5.12. The molecule has 0 fully saturated rings. The number of aliphatic imine (C=N–C) groups is 1. The van der Waals surface area contributed by atoms with Crippen molar-refractivity contribution in [3.8, 4) is 0 Å². The molecule has 1 amide bonds. The standard InChI is InChI=1S/C22H23F3N6O/c1-11(21(28)32)19-20(18-14(9-26)15(27)7-8-17(18)31-19)30-12(2)13-5-3-4-6-16(13)29-10-22(23,24)25/h3-9,11,26,29,31H,10,27H2,1-2H3,(H2,28,32). The van der Waals surface area contributed by atoms with E-state index in [0.29, 0.717) is 44.8 Å². The fourth-order valence-electron chi connectivity index (χ4n) is 3.44. The van der Waals surface area contributed by atoms with Crippen molar-refractivity contribution in [1.29, 1.82) is 5.41 Å². The number of alkyl halides is 3. The summed E-state index contributed by atoms with van der Waals surface area (Å²) in [6.07, 6.45) is -3.28. The number of nitrogen functional groups attached to an aromatic ring is 1. The van der Waals surface area contributed by atoms with Crippen LogP contribution in [0.2, 0.25) is 0 Å². The first kappa shape index (κ1) is 22.9. The molecule has 0 aliphatic heterocycles. The molecule has 0 saturated carbocycles. The molecule has 2 aromatic carbocycles. The van der Waals surface area contributed by atoms with Crippen molar-refractivity contribution in [2.24, 2.45) is 10.7 Å². The van der Waals surface area contributed by atoms with Crippen LogP contribution in [-0.4, -0.2) is 35.5 Å². The predicted octanol–water partition coefficient (Wildman–Crippen LogP) is 4.45. The van der Waals surface area contributed by atoms with Gasteiger partial charge < -0.3 is 27.2 Å². The van der Waals surface area contributed by atoms with Gasteiger partial charge in [0, 0.05) is 45.3 Å². The van der Waals surface area contributed by atoms with Crippen LogP contribution in [0.1, 0.15) is 36.6 Å². The number of rotatable bonds is 7. The normalized spacial score (nSPS) is 13.2. The van der Waals surface area contributed by atoms with Gasteiger partial charge in [-0.2, -0.15) is 13.2 Å². The molecular weight excluding hydrogens is 421 g/mol. The molecule has 3 rings (SSSR count). The summed E-state index contributed by atoms with van der Waals surface area (Å²) in [4.78, 5) is 19.7. The Balaban J connectivity index is 2.21. The van der Waals surface area contributed by atoms with Crippen molar-refractivity contribution < 1.29 is 18.0 Å². The van der Waals surface area contributed by atoms with E-state index in [1.807, 2.05) is 0 Å². The van der Waals surface area contributed by atoms with Gasteiger partial charge in [0.25, 0.3) is 0 Å². The molecule has 10 heteroatoms. The Kier molecular flexibility index (Phi) is 6.24. The van der Waals surface area contributed by atoms with Crippen molar-refractivity contribution >= 4 is 45.8 Å². The first-order chi connectivity index (χ1) is 15.0. The topological polar surface area (TPSA) is 133 Å². The molecule has 1 unspecified atom stereocenters. The molecule has 7 N–H and O–H groups in total. The van der Waals surface area contributed by atoms with Gasteiger partial charge in [0.1, 0.15) is 6.54 Å². The Morgan fingerprint density at radius 3 is 2.59 bits per heavy atom. The average Bonchev–Trinajstić information content (AvgIpc) is 3.09. The average molecular weight is 444 g/mol. The Morgan fingerprint density at radius 2 is 1.97 bits per heavy atom. The number of carbonyl (C=O) groups excluding carboxylic acids is 1.